The fourth-order valence-corrected chi connectivity index (χ4v) is 3.67. The maximum absolute atomic E-state index is 14.5. The molecule has 0 aromatic heterocycles. The van der Waals surface area contributed by atoms with Crippen molar-refractivity contribution in [3.05, 3.63) is 106 Å². The number of unbranched alkanes of at least 4 members (excludes halogenated alkanes) is 5. The highest BCUT2D eigenvalue weighted by molar-refractivity contribution is 5.49. The molecule has 0 saturated carbocycles. The molecule has 0 aliphatic rings. The van der Waals surface area contributed by atoms with Gasteiger partial charge in [0.15, 0.2) is 0 Å². The molecule has 0 spiro atoms. The molecule has 0 nitrogen and oxygen atoms in total. The summed E-state index contributed by atoms with van der Waals surface area (Å²) in [6, 6.07) is 21.5. The van der Waals surface area contributed by atoms with Crippen LogP contribution in [0.5, 0.6) is 0 Å². The number of hydrogen-bond donors (Lipinski definition) is 0. The molecule has 168 valence electrons. The van der Waals surface area contributed by atoms with E-state index in [4.69, 9.17) is 0 Å². The Bertz CT molecular complexity index is 1130. The van der Waals surface area contributed by atoms with Gasteiger partial charge in [-0.05, 0) is 72.9 Å². The van der Waals surface area contributed by atoms with E-state index < -0.39 is 0 Å². The Hall–Kier alpha value is -3.29. The minimum Gasteiger partial charge on any atom is -0.206 e. The lowest BCUT2D eigenvalue weighted by atomic mass is 10.0. The van der Waals surface area contributed by atoms with E-state index in [0.29, 0.717) is 11.1 Å². The van der Waals surface area contributed by atoms with Gasteiger partial charge in [0, 0.05) is 16.7 Å². The first-order valence-corrected chi connectivity index (χ1v) is 12.2. The maximum atomic E-state index is 14.5. The molecule has 3 rings (SSSR count). The summed E-state index contributed by atoms with van der Waals surface area (Å²) in [7, 11) is 0. The first kappa shape index (κ1) is 24.4. The van der Waals surface area contributed by atoms with Gasteiger partial charge in [0.05, 0.1) is 5.56 Å². The minimum atomic E-state index is -0.339. The third-order valence-corrected chi connectivity index (χ3v) is 5.80. The monoisotopic (exact) mass is 436 g/mol. The van der Waals surface area contributed by atoms with Crippen LogP contribution in [0.1, 0.15) is 85.8 Å². The predicted octanol–water partition coefficient (Wildman–Crippen LogP) is 8.09. The summed E-state index contributed by atoms with van der Waals surface area (Å²) in [5.41, 5.74) is 5.49. The van der Waals surface area contributed by atoms with E-state index in [-0.39, 0.29) is 5.82 Å². The van der Waals surface area contributed by atoms with Crippen LogP contribution in [0.2, 0.25) is 0 Å². The molecule has 3 aromatic rings. The molecule has 0 bridgehead atoms. The molecule has 0 heterocycles. The molecule has 0 aliphatic heterocycles. The second-order valence-corrected chi connectivity index (χ2v) is 8.46. The highest BCUT2D eigenvalue weighted by Gasteiger charge is 2.00. The molecule has 3 aromatic carbocycles. The summed E-state index contributed by atoms with van der Waals surface area (Å²) >= 11 is 0. The van der Waals surface area contributed by atoms with Gasteiger partial charge < -0.3 is 0 Å². The van der Waals surface area contributed by atoms with Crippen LogP contribution in [0.3, 0.4) is 0 Å². The smallest absolute Gasteiger partial charge is 0.140 e. The number of rotatable bonds is 8. The maximum Gasteiger partial charge on any atom is 0.140 e. The van der Waals surface area contributed by atoms with E-state index in [2.05, 4.69) is 73.9 Å². The minimum absolute atomic E-state index is 0.339. The Morgan fingerprint density at radius 2 is 1.12 bits per heavy atom. The largest absolute Gasteiger partial charge is 0.206 e. The van der Waals surface area contributed by atoms with E-state index in [1.807, 2.05) is 18.2 Å². The molecule has 0 saturated heterocycles. The van der Waals surface area contributed by atoms with Crippen molar-refractivity contribution in [1.82, 2.24) is 0 Å². The normalized spacial score (nSPS) is 10.2. The van der Waals surface area contributed by atoms with Gasteiger partial charge in [-0.1, -0.05) is 93.9 Å². The van der Waals surface area contributed by atoms with E-state index in [1.165, 1.54) is 55.7 Å². The zero-order chi connectivity index (χ0) is 23.3. The van der Waals surface area contributed by atoms with Gasteiger partial charge in [0.2, 0.25) is 0 Å². The zero-order valence-electron chi connectivity index (χ0n) is 19.9. The molecule has 1 heteroatoms. The molecule has 0 amide bonds. The van der Waals surface area contributed by atoms with E-state index in [9.17, 15) is 4.39 Å². The van der Waals surface area contributed by atoms with Gasteiger partial charge >= 0.3 is 0 Å². The number of benzene rings is 3. The van der Waals surface area contributed by atoms with E-state index in [0.717, 1.165) is 24.0 Å². The van der Waals surface area contributed by atoms with Crippen LogP contribution < -0.4 is 0 Å². The van der Waals surface area contributed by atoms with Crippen molar-refractivity contribution in [3.63, 3.8) is 0 Å². The lowest BCUT2D eigenvalue weighted by Crippen LogP contribution is -1.87. The highest BCUT2D eigenvalue weighted by atomic mass is 19.1. The summed E-state index contributed by atoms with van der Waals surface area (Å²) in [6.45, 7) is 4.37. The van der Waals surface area contributed by atoms with Crippen LogP contribution in [0.4, 0.5) is 4.39 Å². The Morgan fingerprint density at radius 3 is 1.76 bits per heavy atom. The number of aryl methyl sites for hydroxylation is 2. The standard InChI is InChI=1S/C32H33F/c1-3-5-6-7-8-9-10-27-15-17-28(18-16-27)19-20-30-22-24-31(32(33)25-30)23-21-29-13-11-26(4-2)12-14-29/h11-18,22,24-25H,3-10H2,1-2H3. The molecule has 0 atom stereocenters. The number of halogens is 1. The van der Waals surface area contributed by atoms with Gasteiger partial charge in [-0.2, -0.15) is 0 Å². The van der Waals surface area contributed by atoms with Crippen LogP contribution >= 0.6 is 0 Å². The fraction of sp³-hybridized carbons (Fsp3) is 0.312. The van der Waals surface area contributed by atoms with Crippen molar-refractivity contribution in [2.24, 2.45) is 0 Å². The van der Waals surface area contributed by atoms with Crippen LogP contribution in [-0.4, -0.2) is 0 Å². The van der Waals surface area contributed by atoms with Crippen molar-refractivity contribution in [2.45, 2.75) is 65.2 Å². The van der Waals surface area contributed by atoms with Crippen LogP contribution in [0.15, 0.2) is 66.7 Å². The molecular weight excluding hydrogens is 403 g/mol. The van der Waals surface area contributed by atoms with E-state index >= 15 is 0 Å². The molecule has 0 aliphatic carbocycles. The third-order valence-electron chi connectivity index (χ3n) is 5.80. The fourth-order valence-electron chi connectivity index (χ4n) is 3.67. The molecule has 0 unspecified atom stereocenters. The first-order valence-electron chi connectivity index (χ1n) is 12.2. The van der Waals surface area contributed by atoms with Gasteiger partial charge in [-0.3, -0.25) is 0 Å². The molecule has 33 heavy (non-hydrogen) atoms. The average molecular weight is 437 g/mol. The van der Waals surface area contributed by atoms with Crippen LogP contribution in [0, 0.1) is 29.5 Å². The number of hydrogen-bond acceptors (Lipinski definition) is 0. The second kappa shape index (κ2) is 13.3. The lowest BCUT2D eigenvalue weighted by molar-refractivity contribution is 0.607. The van der Waals surface area contributed by atoms with Crippen LogP contribution in [-0.2, 0) is 12.8 Å². The summed E-state index contributed by atoms with van der Waals surface area (Å²) in [6.07, 6.45) is 10.00. The molecule has 0 N–H and O–H groups in total. The van der Waals surface area contributed by atoms with Crippen molar-refractivity contribution in [2.75, 3.05) is 0 Å². The Balaban J connectivity index is 1.56. The third kappa shape index (κ3) is 8.29. The second-order valence-electron chi connectivity index (χ2n) is 8.46. The van der Waals surface area contributed by atoms with Gasteiger partial charge in [-0.15, -0.1) is 0 Å². The quantitative estimate of drug-likeness (QED) is 0.247. The van der Waals surface area contributed by atoms with Crippen molar-refractivity contribution in [1.29, 1.82) is 0 Å². The van der Waals surface area contributed by atoms with Gasteiger partial charge in [-0.25, -0.2) is 4.39 Å². The van der Waals surface area contributed by atoms with Gasteiger partial charge in [0.1, 0.15) is 5.82 Å². The summed E-state index contributed by atoms with van der Waals surface area (Å²) in [4.78, 5) is 0. The van der Waals surface area contributed by atoms with Crippen molar-refractivity contribution >= 4 is 0 Å². The summed E-state index contributed by atoms with van der Waals surface area (Å²) < 4.78 is 14.5. The molecule has 0 fully saturated rings. The SMILES string of the molecule is CCCCCCCCc1ccc(C#Cc2ccc(C#Cc3ccc(CC)cc3)c(F)c2)cc1. The predicted molar refractivity (Wildman–Crippen MR) is 138 cm³/mol. The summed E-state index contributed by atoms with van der Waals surface area (Å²) in [5, 5.41) is 0. The first-order chi connectivity index (χ1) is 16.2. The Kier molecular flexibility index (Phi) is 9.82. The topological polar surface area (TPSA) is 0 Å². The Morgan fingerprint density at radius 1 is 0.576 bits per heavy atom. The van der Waals surface area contributed by atoms with E-state index in [1.54, 1.807) is 6.07 Å². The van der Waals surface area contributed by atoms with Crippen molar-refractivity contribution in [3.8, 4) is 23.7 Å². The van der Waals surface area contributed by atoms with Crippen molar-refractivity contribution < 1.29 is 4.39 Å². The highest BCUT2D eigenvalue weighted by Crippen LogP contribution is 2.12. The zero-order valence-corrected chi connectivity index (χ0v) is 19.9. The Labute approximate surface area is 199 Å². The molecule has 0 radical (unpaired) electrons. The summed E-state index contributed by atoms with van der Waals surface area (Å²) in [5.74, 6) is 11.8. The van der Waals surface area contributed by atoms with Crippen LogP contribution in [0.25, 0.3) is 0 Å². The lowest BCUT2D eigenvalue weighted by Gasteiger charge is -2.02. The molecular formula is C32H33F. The van der Waals surface area contributed by atoms with Gasteiger partial charge in [0.25, 0.3) is 0 Å². The average Bonchev–Trinajstić information content (AvgIpc) is 2.85.